The summed E-state index contributed by atoms with van der Waals surface area (Å²) in [6.07, 6.45) is 3.38. The van der Waals surface area contributed by atoms with E-state index >= 15 is 0 Å². The maximum atomic E-state index is 14.2. The van der Waals surface area contributed by atoms with E-state index in [1.165, 1.54) is 12.1 Å². The number of likely N-dealkylation sites (tertiary alicyclic amines) is 2. The molecule has 13 heteroatoms. The standard InChI is InChI=1S/C39H41ClFN5O6/c1-22(51-21-23-2-7-28(41)8-3-23)36(37(42)48)44-38(49)33-20-45(35(47)14-25-16-43-34-15-27(40)6-13-31(25)34)17-26-18-46(19-32(26)33)39(50)24-4-9-29(10-5-24)52-30-11-12-30/h2-10,13,15-16,22,26,30,32-33,36,43H,11-12,14,17-21H2,1H3,(H2,42,48)(H,44,49)/t22-,26?,32?,33?,36-/m1/s1. The van der Waals surface area contributed by atoms with Crippen LogP contribution in [0.4, 0.5) is 4.39 Å². The predicted octanol–water partition coefficient (Wildman–Crippen LogP) is 4.47. The Morgan fingerprint density at radius 3 is 2.42 bits per heavy atom. The lowest BCUT2D eigenvalue weighted by Crippen LogP contribution is -2.58. The molecule has 0 spiro atoms. The molecule has 3 fully saturated rings. The lowest BCUT2D eigenvalue weighted by Gasteiger charge is -2.40. The SMILES string of the molecule is C[C@@H](OCc1ccc(F)cc1)[C@@H](NC(=O)C1CN(C(=O)Cc2c[nH]c3cc(Cl)ccc23)CC2CN(C(=O)c3ccc(OC4CC4)cc3)CC21)C(N)=O. The third-order valence-corrected chi connectivity index (χ3v) is 10.6. The summed E-state index contributed by atoms with van der Waals surface area (Å²) < 4.78 is 25.1. The number of nitrogens with one attached hydrogen (secondary N) is 2. The fraction of sp³-hybridized carbons (Fsp3) is 0.385. The number of carbonyl (C=O) groups is 4. The number of primary amides is 1. The van der Waals surface area contributed by atoms with Gasteiger partial charge in [0.2, 0.25) is 17.7 Å². The minimum absolute atomic E-state index is 0.0717. The van der Waals surface area contributed by atoms with Gasteiger partial charge < -0.3 is 35.3 Å². The first-order valence-electron chi connectivity index (χ1n) is 17.6. The van der Waals surface area contributed by atoms with Gasteiger partial charge in [0.05, 0.1) is 31.2 Å². The van der Waals surface area contributed by atoms with Crippen LogP contribution in [-0.4, -0.2) is 82.8 Å². The smallest absolute Gasteiger partial charge is 0.253 e. The second kappa shape index (κ2) is 15.0. The first-order chi connectivity index (χ1) is 25.0. The number of carbonyl (C=O) groups excluding carboxylic acids is 4. The molecule has 11 nitrogen and oxygen atoms in total. The van der Waals surface area contributed by atoms with Crippen LogP contribution in [0.1, 0.15) is 41.3 Å². The van der Waals surface area contributed by atoms with Gasteiger partial charge >= 0.3 is 0 Å². The highest BCUT2D eigenvalue weighted by atomic mass is 35.5. The van der Waals surface area contributed by atoms with E-state index in [9.17, 15) is 23.6 Å². The first kappa shape index (κ1) is 35.5. The Morgan fingerprint density at radius 2 is 1.71 bits per heavy atom. The number of halogens is 2. The summed E-state index contributed by atoms with van der Waals surface area (Å²) in [5.41, 5.74) is 8.58. The number of aromatic nitrogens is 1. The number of hydrogen-bond donors (Lipinski definition) is 3. The van der Waals surface area contributed by atoms with Crippen LogP contribution < -0.4 is 15.8 Å². The molecular formula is C39H41ClFN5O6. The third kappa shape index (κ3) is 7.93. The number of rotatable bonds is 12. The first-order valence-corrected chi connectivity index (χ1v) is 17.9. The van der Waals surface area contributed by atoms with E-state index in [2.05, 4.69) is 10.3 Å². The van der Waals surface area contributed by atoms with Gasteiger partial charge in [0.1, 0.15) is 17.6 Å². The van der Waals surface area contributed by atoms with E-state index in [1.807, 2.05) is 6.07 Å². The van der Waals surface area contributed by atoms with Gasteiger partial charge in [-0.15, -0.1) is 0 Å². The Kier molecular flexibility index (Phi) is 10.2. The maximum Gasteiger partial charge on any atom is 0.253 e. The number of nitrogens with zero attached hydrogens (tertiary/aromatic N) is 2. The Morgan fingerprint density at radius 1 is 0.981 bits per heavy atom. The number of piperidine rings is 1. The highest BCUT2D eigenvalue weighted by Gasteiger charge is 2.48. The molecule has 7 rings (SSSR count). The van der Waals surface area contributed by atoms with E-state index in [-0.39, 0.29) is 55.1 Å². The summed E-state index contributed by atoms with van der Waals surface area (Å²) in [7, 11) is 0. The van der Waals surface area contributed by atoms with Gasteiger partial charge in [-0.2, -0.15) is 0 Å². The van der Waals surface area contributed by atoms with E-state index in [4.69, 9.17) is 26.8 Å². The summed E-state index contributed by atoms with van der Waals surface area (Å²) in [4.78, 5) is 61.0. The zero-order valence-corrected chi connectivity index (χ0v) is 29.5. The van der Waals surface area contributed by atoms with Gasteiger partial charge in [-0.05, 0) is 91.3 Å². The van der Waals surface area contributed by atoms with Crippen LogP contribution in [-0.2, 0) is 32.1 Å². The largest absolute Gasteiger partial charge is 0.490 e. The Balaban J connectivity index is 1.08. The van der Waals surface area contributed by atoms with Crippen LogP contribution in [0.15, 0.2) is 72.9 Å². The van der Waals surface area contributed by atoms with Gasteiger partial charge in [0, 0.05) is 53.9 Å². The van der Waals surface area contributed by atoms with Crippen molar-refractivity contribution >= 4 is 46.1 Å². The van der Waals surface area contributed by atoms with Crippen molar-refractivity contribution in [1.29, 1.82) is 0 Å². The minimum Gasteiger partial charge on any atom is -0.490 e. The van der Waals surface area contributed by atoms with E-state index < -0.39 is 29.9 Å². The van der Waals surface area contributed by atoms with Crippen molar-refractivity contribution in [2.24, 2.45) is 23.5 Å². The van der Waals surface area contributed by atoms with Gasteiger partial charge in [-0.25, -0.2) is 4.39 Å². The summed E-state index contributed by atoms with van der Waals surface area (Å²) >= 11 is 6.16. The molecule has 0 radical (unpaired) electrons. The van der Waals surface area contributed by atoms with Crippen molar-refractivity contribution in [3.05, 3.63) is 100 Å². The number of nitrogens with two attached hydrogens (primary N) is 1. The predicted molar refractivity (Wildman–Crippen MR) is 192 cm³/mol. The molecule has 4 N–H and O–H groups in total. The number of H-pyrrole nitrogens is 1. The molecule has 3 heterocycles. The summed E-state index contributed by atoms with van der Waals surface area (Å²) in [6, 6.07) is 17.1. The molecule has 4 aromatic rings. The number of ether oxygens (including phenoxy) is 2. The molecule has 5 atom stereocenters. The highest BCUT2D eigenvalue weighted by Crippen LogP contribution is 2.37. The van der Waals surface area contributed by atoms with Crippen LogP contribution >= 0.6 is 11.6 Å². The summed E-state index contributed by atoms with van der Waals surface area (Å²) in [5.74, 6) is -2.41. The van der Waals surface area contributed by atoms with Gasteiger partial charge in [-0.3, -0.25) is 19.2 Å². The van der Waals surface area contributed by atoms with Crippen LogP contribution in [0, 0.1) is 23.6 Å². The molecule has 1 aromatic heterocycles. The molecule has 52 heavy (non-hydrogen) atoms. The number of aromatic amines is 1. The van der Waals surface area contributed by atoms with Crippen molar-refractivity contribution in [2.45, 2.75) is 51.0 Å². The molecule has 2 saturated heterocycles. The lowest BCUT2D eigenvalue weighted by atomic mass is 9.79. The second-order valence-corrected chi connectivity index (χ2v) is 14.5. The Bertz CT molecular complexity index is 1970. The van der Waals surface area contributed by atoms with Crippen molar-refractivity contribution in [1.82, 2.24) is 20.1 Å². The topological polar surface area (TPSA) is 147 Å². The summed E-state index contributed by atoms with van der Waals surface area (Å²) in [6.45, 7) is 2.85. The van der Waals surface area contributed by atoms with Crippen molar-refractivity contribution in [3.63, 3.8) is 0 Å². The zero-order valence-electron chi connectivity index (χ0n) is 28.7. The number of fused-ring (bicyclic) bond motifs is 2. The lowest BCUT2D eigenvalue weighted by molar-refractivity contribution is -0.141. The molecule has 1 aliphatic carbocycles. The fourth-order valence-electron chi connectivity index (χ4n) is 7.32. The quantitative estimate of drug-likeness (QED) is 0.196. The molecule has 3 aromatic carbocycles. The molecule has 3 aliphatic rings. The van der Waals surface area contributed by atoms with Gasteiger partial charge in [-0.1, -0.05) is 29.8 Å². The summed E-state index contributed by atoms with van der Waals surface area (Å²) in [5, 5.41) is 4.27. The van der Waals surface area contributed by atoms with Gasteiger partial charge in [0.25, 0.3) is 5.91 Å². The van der Waals surface area contributed by atoms with E-state index in [0.29, 0.717) is 35.8 Å². The van der Waals surface area contributed by atoms with E-state index in [0.717, 1.165) is 35.1 Å². The number of benzene rings is 3. The van der Waals surface area contributed by atoms with Crippen LogP contribution in [0.25, 0.3) is 10.9 Å². The molecule has 272 valence electrons. The van der Waals surface area contributed by atoms with Crippen LogP contribution in [0.3, 0.4) is 0 Å². The van der Waals surface area contributed by atoms with Crippen molar-refractivity contribution in [3.8, 4) is 5.75 Å². The third-order valence-electron chi connectivity index (χ3n) is 10.4. The maximum absolute atomic E-state index is 14.2. The molecule has 4 amide bonds. The highest BCUT2D eigenvalue weighted by molar-refractivity contribution is 6.31. The molecule has 3 unspecified atom stereocenters. The van der Waals surface area contributed by atoms with Crippen molar-refractivity contribution in [2.75, 3.05) is 26.2 Å². The molecule has 0 bridgehead atoms. The zero-order chi connectivity index (χ0) is 36.5. The Labute approximate surface area is 305 Å². The molecule has 1 saturated carbocycles. The van der Waals surface area contributed by atoms with E-state index in [1.54, 1.807) is 71.5 Å². The molecular weight excluding hydrogens is 689 g/mol. The normalized spacial score (nSPS) is 21.0. The Hall–Kier alpha value is -4.94. The monoisotopic (exact) mass is 729 g/mol. The van der Waals surface area contributed by atoms with Crippen LogP contribution in [0.2, 0.25) is 5.02 Å². The average molecular weight is 730 g/mol. The number of hydrogen-bond acceptors (Lipinski definition) is 6. The number of amides is 4. The second-order valence-electron chi connectivity index (χ2n) is 14.1. The van der Waals surface area contributed by atoms with Gasteiger partial charge in [0.15, 0.2) is 0 Å². The van der Waals surface area contributed by atoms with Crippen LogP contribution in [0.5, 0.6) is 5.75 Å². The average Bonchev–Trinajstić information content (AvgIpc) is 3.70. The minimum atomic E-state index is -1.17. The fourth-order valence-corrected chi connectivity index (χ4v) is 7.50. The van der Waals surface area contributed by atoms with Crippen molar-refractivity contribution < 1.29 is 33.0 Å². The molecule has 2 aliphatic heterocycles.